The molecule has 4 N–H and O–H groups in total. The molecule has 6 heteroatoms. The molecule has 202 valence electrons. The van der Waals surface area contributed by atoms with Gasteiger partial charge in [0, 0.05) is 0 Å². The molecule has 1 aliphatic heterocycles. The first-order valence-corrected chi connectivity index (χ1v) is 14.3. The molecule has 4 aliphatic rings. The molecule has 1 saturated heterocycles. The van der Waals surface area contributed by atoms with Crippen molar-refractivity contribution in [3.8, 4) is 0 Å². The number of carbonyl (C=O) groups is 1. The van der Waals surface area contributed by atoms with Crippen LogP contribution in [0.4, 0.5) is 0 Å². The Balaban J connectivity index is 1.57. The molecule has 0 unspecified atom stereocenters. The average molecular weight is 495 g/mol. The van der Waals surface area contributed by atoms with Gasteiger partial charge in [0.15, 0.2) is 0 Å². The van der Waals surface area contributed by atoms with Crippen LogP contribution in [-0.2, 0) is 9.53 Å². The van der Waals surface area contributed by atoms with Crippen LogP contribution in [0, 0.1) is 58.2 Å². The number of carbonyl (C=O) groups excluding carboxylic acids is 1. The zero-order valence-electron chi connectivity index (χ0n) is 22.7. The van der Waals surface area contributed by atoms with Gasteiger partial charge in [0.05, 0.1) is 36.9 Å². The molecule has 0 aromatic heterocycles. The second-order valence-corrected chi connectivity index (χ2v) is 13.5. The largest absolute Gasteiger partial charge is 0.465 e. The van der Waals surface area contributed by atoms with E-state index in [-0.39, 0.29) is 52.8 Å². The number of fused-ring (bicyclic) bond motifs is 5. The Labute approximate surface area is 211 Å². The van der Waals surface area contributed by atoms with Crippen molar-refractivity contribution in [2.45, 2.75) is 111 Å². The maximum atomic E-state index is 13.0. The molecular weight excluding hydrogens is 444 g/mol. The van der Waals surface area contributed by atoms with Gasteiger partial charge in [-0.2, -0.15) is 0 Å². The molecule has 0 aromatic rings. The molecule has 0 spiro atoms. The van der Waals surface area contributed by atoms with Gasteiger partial charge in [-0.1, -0.05) is 48.0 Å². The molecule has 3 aliphatic carbocycles. The highest BCUT2D eigenvalue weighted by atomic mass is 16.5. The number of cyclic esters (lactones) is 1. The fourth-order valence-electron chi connectivity index (χ4n) is 9.60. The summed E-state index contributed by atoms with van der Waals surface area (Å²) < 4.78 is 5.88. The summed E-state index contributed by atoms with van der Waals surface area (Å²) in [5, 5.41) is 43.2. The zero-order chi connectivity index (χ0) is 25.9. The number of ether oxygens (including phenoxy) is 1. The maximum Gasteiger partial charge on any atom is 0.309 e. The highest BCUT2D eigenvalue weighted by molar-refractivity contribution is 5.74. The normalized spacial score (nSPS) is 47.1. The van der Waals surface area contributed by atoms with E-state index in [1.807, 2.05) is 0 Å². The summed E-state index contributed by atoms with van der Waals surface area (Å²) in [4.78, 5) is 13.0. The molecule has 0 aromatic carbocycles. The van der Waals surface area contributed by atoms with Crippen molar-refractivity contribution in [3.63, 3.8) is 0 Å². The average Bonchev–Trinajstić information content (AvgIpc) is 3.11. The molecule has 0 bridgehead atoms. The van der Waals surface area contributed by atoms with E-state index in [0.717, 1.165) is 32.1 Å². The minimum atomic E-state index is -0.867. The van der Waals surface area contributed by atoms with Gasteiger partial charge in [-0.3, -0.25) is 4.79 Å². The third-order valence-electron chi connectivity index (χ3n) is 11.7. The van der Waals surface area contributed by atoms with E-state index in [1.54, 1.807) is 0 Å². The lowest BCUT2D eigenvalue weighted by Gasteiger charge is -2.56. The van der Waals surface area contributed by atoms with Gasteiger partial charge in [0.1, 0.15) is 0 Å². The van der Waals surface area contributed by atoms with Crippen LogP contribution in [0.15, 0.2) is 0 Å². The number of hydrogen-bond donors (Lipinski definition) is 4. The van der Waals surface area contributed by atoms with E-state index in [0.29, 0.717) is 30.8 Å². The summed E-state index contributed by atoms with van der Waals surface area (Å²) in [6.45, 7) is 13.4. The van der Waals surface area contributed by atoms with Crippen LogP contribution in [0.2, 0.25) is 0 Å². The van der Waals surface area contributed by atoms with E-state index >= 15 is 0 Å². The van der Waals surface area contributed by atoms with E-state index in [2.05, 4.69) is 41.5 Å². The molecule has 0 amide bonds. The Morgan fingerprint density at radius 2 is 1.63 bits per heavy atom. The number of rotatable bonds is 6. The number of hydrogen-bond acceptors (Lipinski definition) is 6. The Morgan fingerprint density at radius 1 is 0.971 bits per heavy atom. The first-order chi connectivity index (χ1) is 16.4. The van der Waals surface area contributed by atoms with Crippen LogP contribution in [0.5, 0.6) is 0 Å². The lowest BCUT2D eigenvalue weighted by atomic mass is 9.48. The van der Waals surface area contributed by atoms with Gasteiger partial charge >= 0.3 is 5.97 Å². The van der Waals surface area contributed by atoms with Gasteiger partial charge in [0.25, 0.3) is 0 Å². The van der Waals surface area contributed by atoms with Crippen molar-refractivity contribution < 1.29 is 30.0 Å². The van der Waals surface area contributed by atoms with Crippen LogP contribution in [0.25, 0.3) is 0 Å². The Hall–Kier alpha value is -0.690. The molecule has 35 heavy (non-hydrogen) atoms. The summed E-state index contributed by atoms with van der Waals surface area (Å²) >= 11 is 0. The van der Waals surface area contributed by atoms with Crippen molar-refractivity contribution >= 4 is 5.97 Å². The first kappa shape index (κ1) is 27.3. The van der Waals surface area contributed by atoms with Crippen molar-refractivity contribution in [3.05, 3.63) is 0 Å². The summed E-state index contributed by atoms with van der Waals surface area (Å²) in [6.07, 6.45) is 2.49. The first-order valence-electron chi connectivity index (χ1n) is 14.3. The third kappa shape index (κ3) is 4.38. The van der Waals surface area contributed by atoms with Gasteiger partial charge in [-0.15, -0.1) is 0 Å². The summed E-state index contributed by atoms with van der Waals surface area (Å²) in [7, 11) is 0. The Morgan fingerprint density at radius 3 is 2.26 bits per heavy atom. The molecule has 1 heterocycles. The minimum Gasteiger partial charge on any atom is -0.465 e. The molecular formula is C29H50O6. The van der Waals surface area contributed by atoms with Gasteiger partial charge < -0.3 is 25.2 Å². The molecule has 3 saturated carbocycles. The third-order valence-corrected chi connectivity index (χ3v) is 11.7. The molecule has 4 rings (SSSR count). The van der Waals surface area contributed by atoms with Crippen LogP contribution in [0.3, 0.4) is 0 Å². The van der Waals surface area contributed by atoms with E-state index in [9.17, 15) is 25.2 Å². The second kappa shape index (κ2) is 9.89. The van der Waals surface area contributed by atoms with Crippen LogP contribution in [0.1, 0.15) is 86.5 Å². The molecule has 6 nitrogen and oxygen atoms in total. The van der Waals surface area contributed by atoms with Gasteiger partial charge in [-0.25, -0.2) is 0 Å². The fraction of sp³-hybridized carbons (Fsp3) is 0.966. The topological polar surface area (TPSA) is 107 Å². The van der Waals surface area contributed by atoms with E-state index < -0.39 is 24.4 Å². The summed E-state index contributed by atoms with van der Waals surface area (Å²) in [6, 6.07) is 0. The smallest absolute Gasteiger partial charge is 0.309 e. The lowest BCUT2D eigenvalue weighted by molar-refractivity contribution is -0.162. The Bertz CT molecular complexity index is 770. The van der Waals surface area contributed by atoms with Crippen molar-refractivity contribution in [2.75, 3.05) is 6.61 Å². The monoisotopic (exact) mass is 494 g/mol. The zero-order valence-corrected chi connectivity index (χ0v) is 22.7. The highest BCUT2D eigenvalue weighted by Crippen LogP contribution is 2.66. The minimum absolute atomic E-state index is 0.00679. The highest BCUT2D eigenvalue weighted by Gasteiger charge is 2.63. The van der Waals surface area contributed by atoms with Crippen LogP contribution < -0.4 is 0 Å². The summed E-state index contributed by atoms with van der Waals surface area (Å²) in [5.41, 5.74) is -0.348. The molecule has 0 radical (unpaired) electrons. The second-order valence-electron chi connectivity index (χ2n) is 13.5. The van der Waals surface area contributed by atoms with E-state index in [1.165, 1.54) is 0 Å². The van der Waals surface area contributed by atoms with Gasteiger partial charge in [0.2, 0.25) is 0 Å². The standard InChI is InChI=1S/C29H50O6/c1-7-17(15(2)3)26(33)25(32)16(4)19-8-9-20-18-14-35-27(34)22-12-23(30)24(31)13-29(22,6)21(18)10-11-28(19,20)5/h15-26,30-33H,7-14H2,1-6H3/t16-,17+,18+,19-,20-,21-,22+,23-,24+,25-,26-,28-,29-/m1/s1. The molecule has 13 atom stereocenters. The van der Waals surface area contributed by atoms with Gasteiger partial charge in [-0.05, 0) is 90.8 Å². The van der Waals surface area contributed by atoms with Crippen LogP contribution >= 0.6 is 0 Å². The quantitative estimate of drug-likeness (QED) is 0.419. The fourth-order valence-corrected chi connectivity index (χ4v) is 9.60. The molecule has 4 fully saturated rings. The number of aliphatic hydroxyl groups is 4. The van der Waals surface area contributed by atoms with E-state index in [4.69, 9.17) is 4.74 Å². The summed E-state index contributed by atoms with van der Waals surface area (Å²) in [5.74, 6) is 1.01. The SMILES string of the molecule is CC[C@@H](C(C)C)[C@@H](O)[C@H](O)[C@H](C)[C@H]1CC[C@@H]2[C@@H]3COC(=O)[C@@H]4C[C@@H](O)[C@@H](O)C[C@]4(C)[C@@H]3CC[C@]12C. The predicted octanol–water partition coefficient (Wildman–Crippen LogP) is 3.78. The number of aliphatic hydroxyl groups excluding tert-OH is 4. The number of esters is 1. The van der Waals surface area contributed by atoms with Crippen LogP contribution in [-0.4, -0.2) is 57.4 Å². The van der Waals surface area contributed by atoms with Crippen molar-refractivity contribution in [2.24, 2.45) is 58.2 Å². The lowest BCUT2D eigenvalue weighted by Crippen LogP contribution is -2.55. The van der Waals surface area contributed by atoms with Crippen molar-refractivity contribution in [1.29, 1.82) is 0 Å². The Kier molecular flexibility index (Phi) is 7.72. The van der Waals surface area contributed by atoms with Crippen molar-refractivity contribution in [1.82, 2.24) is 0 Å². The predicted molar refractivity (Wildman–Crippen MR) is 134 cm³/mol. The maximum absolute atomic E-state index is 13.0.